The maximum Gasteiger partial charge on any atom is 0.267 e. The molecule has 0 aliphatic rings. The van der Waals surface area contributed by atoms with Crippen LogP contribution < -0.4 is 0 Å². The second kappa shape index (κ2) is 8.21. The Labute approximate surface area is 132 Å². The number of carbonyl (C=O) groups excluding carboxylic acids is 1. The zero-order chi connectivity index (χ0) is 15.1. The second-order valence-corrected chi connectivity index (χ2v) is 6.18. The fraction of sp³-hybridized carbons (Fsp3) is 0.500. The van der Waals surface area contributed by atoms with Gasteiger partial charge in [0.05, 0.1) is 12.3 Å². The number of ether oxygens (including phenoxy) is 1. The van der Waals surface area contributed by atoms with E-state index < -0.39 is 0 Å². The van der Waals surface area contributed by atoms with Crippen LogP contribution in [0.2, 0.25) is 0 Å². The maximum absolute atomic E-state index is 12.7. The molecule has 0 bridgehead atoms. The van der Waals surface area contributed by atoms with Crippen LogP contribution in [0.5, 0.6) is 0 Å². The number of hydrogen-bond acceptors (Lipinski definition) is 6. The van der Waals surface area contributed by atoms with E-state index in [2.05, 4.69) is 21.9 Å². The van der Waals surface area contributed by atoms with Crippen molar-refractivity contribution in [1.82, 2.24) is 14.5 Å². The van der Waals surface area contributed by atoms with Crippen LogP contribution in [0.3, 0.4) is 0 Å². The van der Waals surface area contributed by atoms with Crippen LogP contribution in [-0.2, 0) is 17.7 Å². The molecule has 5 nitrogen and oxygen atoms in total. The Bertz CT molecular complexity index is 554. The molecule has 7 heteroatoms. The third kappa shape index (κ3) is 4.33. The summed E-state index contributed by atoms with van der Waals surface area (Å²) in [5, 5.41) is 8.16. The highest BCUT2D eigenvalue weighted by molar-refractivity contribution is 7.08. The van der Waals surface area contributed by atoms with Gasteiger partial charge < -0.3 is 9.64 Å². The summed E-state index contributed by atoms with van der Waals surface area (Å²) in [7, 11) is 1.64. The van der Waals surface area contributed by atoms with Crippen LogP contribution in [0.4, 0.5) is 0 Å². The van der Waals surface area contributed by atoms with E-state index in [1.54, 1.807) is 23.3 Å². The summed E-state index contributed by atoms with van der Waals surface area (Å²) in [4.78, 5) is 15.2. The standard InChI is InChI=1S/C14H19N3O2S2/c1-3-4-12-13(21-16-15-12)14(18)17(6-7-19-2)9-11-5-8-20-10-11/h5,8,10H,3-4,6-7,9H2,1-2H3. The molecule has 114 valence electrons. The van der Waals surface area contributed by atoms with Gasteiger partial charge >= 0.3 is 0 Å². The molecule has 0 radical (unpaired) electrons. The summed E-state index contributed by atoms with van der Waals surface area (Å²) in [6.45, 7) is 3.75. The van der Waals surface area contributed by atoms with Crippen molar-refractivity contribution in [3.8, 4) is 0 Å². The summed E-state index contributed by atoms with van der Waals surface area (Å²) in [5.74, 6) is -0.00306. The number of carbonyl (C=O) groups is 1. The van der Waals surface area contributed by atoms with Crippen molar-refractivity contribution >= 4 is 28.8 Å². The first kappa shape index (κ1) is 16.1. The number of rotatable bonds is 8. The highest BCUT2D eigenvalue weighted by atomic mass is 32.1. The fourth-order valence-corrected chi connectivity index (χ4v) is 3.31. The van der Waals surface area contributed by atoms with Crippen molar-refractivity contribution in [2.24, 2.45) is 0 Å². The van der Waals surface area contributed by atoms with Gasteiger partial charge in [0.25, 0.3) is 5.91 Å². The van der Waals surface area contributed by atoms with E-state index in [9.17, 15) is 4.79 Å². The molecule has 0 spiro atoms. The Morgan fingerprint density at radius 1 is 1.48 bits per heavy atom. The molecular weight excluding hydrogens is 306 g/mol. The molecule has 0 saturated carbocycles. The van der Waals surface area contributed by atoms with Crippen molar-refractivity contribution in [3.63, 3.8) is 0 Å². The molecule has 2 aromatic heterocycles. The highest BCUT2D eigenvalue weighted by Crippen LogP contribution is 2.18. The average Bonchev–Trinajstić information content (AvgIpc) is 3.14. The van der Waals surface area contributed by atoms with Crippen LogP contribution in [0.15, 0.2) is 16.8 Å². The predicted molar refractivity (Wildman–Crippen MR) is 84.8 cm³/mol. The normalized spacial score (nSPS) is 10.8. The number of hydrogen-bond donors (Lipinski definition) is 0. The molecule has 0 aliphatic carbocycles. The third-order valence-corrected chi connectivity index (χ3v) is 4.53. The molecule has 0 aliphatic heterocycles. The number of nitrogens with zero attached hydrogens (tertiary/aromatic N) is 3. The summed E-state index contributed by atoms with van der Waals surface area (Å²) < 4.78 is 9.05. The molecule has 0 atom stereocenters. The summed E-state index contributed by atoms with van der Waals surface area (Å²) in [5.41, 5.74) is 1.94. The van der Waals surface area contributed by atoms with Gasteiger partial charge in [-0.15, -0.1) is 5.10 Å². The van der Waals surface area contributed by atoms with E-state index in [-0.39, 0.29) is 5.91 Å². The summed E-state index contributed by atoms with van der Waals surface area (Å²) in [6.07, 6.45) is 1.74. The van der Waals surface area contributed by atoms with E-state index in [1.807, 2.05) is 11.4 Å². The minimum atomic E-state index is -0.00306. The van der Waals surface area contributed by atoms with Gasteiger partial charge in [-0.05, 0) is 40.3 Å². The molecule has 21 heavy (non-hydrogen) atoms. The number of aryl methyl sites for hydroxylation is 1. The van der Waals surface area contributed by atoms with Gasteiger partial charge in [-0.3, -0.25) is 4.79 Å². The van der Waals surface area contributed by atoms with Crippen molar-refractivity contribution in [2.75, 3.05) is 20.3 Å². The van der Waals surface area contributed by atoms with Crippen molar-refractivity contribution in [3.05, 3.63) is 33.0 Å². The topological polar surface area (TPSA) is 55.3 Å². The summed E-state index contributed by atoms with van der Waals surface area (Å²) >= 11 is 2.82. The van der Waals surface area contributed by atoms with Gasteiger partial charge in [0, 0.05) is 20.2 Å². The smallest absolute Gasteiger partial charge is 0.267 e. The molecule has 2 rings (SSSR count). The van der Waals surface area contributed by atoms with E-state index in [0.29, 0.717) is 24.6 Å². The largest absolute Gasteiger partial charge is 0.383 e. The molecule has 0 aromatic carbocycles. The van der Waals surface area contributed by atoms with Gasteiger partial charge in [-0.2, -0.15) is 11.3 Å². The zero-order valence-corrected chi connectivity index (χ0v) is 13.9. The first-order valence-electron chi connectivity index (χ1n) is 6.86. The van der Waals surface area contributed by atoms with E-state index >= 15 is 0 Å². The SMILES string of the molecule is CCCc1nnsc1C(=O)N(CCOC)Cc1ccsc1. The number of methoxy groups -OCH3 is 1. The van der Waals surface area contributed by atoms with Crippen LogP contribution in [0.25, 0.3) is 0 Å². The van der Waals surface area contributed by atoms with Gasteiger partial charge in [0.15, 0.2) is 0 Å². The predicted octanol–water partition coefficient (Wildman–Crippen LogP) is 2.84. The molecule has 0 unspecified atom stereocenters. The highest BCUT2D eigenvalue weighted by Gasteiger charge is 2.22. The molecule has 0 saturated heterocycles. The molecule has 1 amide bonds. The lowest BCUT2D eigenvalue weighted by molar-refractivity contribution is 0.0684. The van der Waals surface area contributed by atoms with Crippen molar-refractivity contribution in [2.45, 2.75) is 26.3 Å². The molecule has 0 fully saturated rings. The number of amides is 1. The first-order valence-corrected chi connectivity index (χ1v) is 8.58. The fourth-order valence-electron chi connectivity index (χ4n) is 1.97. The Morgan fingerprint density at radius 3 is 3.00 bits per heavy atom. The van der Waals surface area contributed by atoms with Crippen LogP contribution in [0, 0.1) is 0 Å². The summed E-state index contributed by atoms with van der Waals surface area (Å²) in [6, 6.07) is 2.04. The average molecular weight is 325 g/mol. The Morgan fingerprint density at radius 2 is 2.33 bits per heavy atom. The lowest BCUT2D eigenvalue weighted by atomic mass is 10.2. The monoisotopic (exact) mass is 325 g/mol. The van der Waals surface area contributed by atoms with Gasteiger partial charge in [-0.1, -0.05) is 17.8 Å². The third-order valence-electron chi connectivity index (χ3n) is 3.04. The van der Waals surface area contributed by atoms with Crippen LogP contribution in [0.1, 0.15) is 34.3 Å². The minimum Gasteiger partial charge on any atom is -0.383 e. The molecular formula is C14H19N3O2S2. The Kier molecular flexibility index (Phi) is 6.28. The van der Waals surface area contributed by atoms with Crippen LogP contribution in [-0.4, -0.2) is 40.7 Å². The molecule has 2 heterocycles. The zero-order valence-electron chi connectivity index (χ0n) is 12.2. The first-order chi connectivity index (χ1) is 10.3. The lowest BCUT2D eigenvalue weighted by Gasteiger charge is -2.21. The van der Waals surface area contributed by atoms with Gasteiger partial charge in [-0.25, -0.2) is 0 Å². The van der Waals surface area contributed by atoms with Crippen LogP contribution >= 0.6 is 22.9 Å². The number of aromatic nitrogens is 2. The van der Waals surface area contributed by atoms with E-state index in [4.69, 9.17) is 4.74 Å². The quantitative estimate of drug-likeness (QED) is 0.749. The number of thiophene rings is 1. The van der Waals surface area contributed by atoms with Gasteiger partial charge in [0.1, 0.15) is 4.88 Å². The maximum atomic E-state index is 12.7. The lowest BCUT2D eigenvalue weighted by Crippen LogP contribution is -2.33. The second-order valence-electron chi connectivity index (χ2n) is 4.65. The Hall–Kier alpha value is -1.31. The van der Waals surface area contributed by atoms with E-state index in [0.717, 1.165) is 24.1 Å². The molecule has 0 N–H and O–H groups in total. The van der Waals surface area contributed by atoms with Gasteiger partial charge in [0.2, 0.25) is 0 Å². The Balaban J connectivity index is 2.14. The van der Waals surface area contributed by atoms with Crippen molar-refractivity contribution in [1.29, 1.82) is 0 Å². The molecule has 2 aromatic rings. The van der Waals surface area contributed by atoms with E-state index in [1.165, 1.54) is 11.5 Å². The van der Waals surface area contributed by atoms with Crippen molar-refractivity contribution < 1.29 is 9.53 Å². The minimum absolute atomic E-state index is 0.00306.